The van der Waals surface area contributed by atoms with Gasteiger partial charge in [-0.05, 0) is 24.6 Å². The highest BCUT2D eigenvalue weighted by Gasteiger charge is 2.22. The molecule has 0 saturated carbocycles. The van der Waals surface area contributed by atoms with Gasteiger partial charge in [0.15, 0.2) is 0 Å². The second kappa shape index (κ2) is 6.80. The zero-order valence-electron chi connectivity index (χ0n) is 14.3. The fourth-order valence-corrected chi connectivity index (χ4v) is 4.37. The molecule has 0 aromatic carbocycles. The zero-order chi connectivity index (χ0) is 18.1. The summed E-state index contributed by atoms with van der Waals surface area (Å²) < 4.78 is 0. The molecule has 3 aromatic rings. The molecule has 3 aromatic heterocycles. The van der Waals surface area contributed by atoms with Crippen LogP contribution in [-0.4, -0.2) is 42.1 Å². The molecule has 0 aliphatic carbocycles. The minimum Gasteiger partial charge on any atom is -0.397 e. The van der Waals surface area contributed by atoms with Crippen LogP contribution < -0.4 is 21.3 Å². The monoisotopic (exact) mass is 368 g/mol. The second-order valence-corrected chi connectivity index (χ2v) is 7.26. The van der Waals surface area contributed by atoms with Crippen LogP contribution in [0.5, 0.6) is 0 Å². The molecule has 26 heavy (non-hydrogen) atoms. The maximum absolute atomic E-state index is 11.6. The smallest absolute Gasteiger partial charge is 0.260 e. The summed E-state index contributed by atoms with van der Waals surface area (Å²) in [6.07, 6.45) is 6.47. The van der Waals surface area contributed by atoms with Crippen LogP contribution in [0, 0.1) is 0 Å². The number of carbonyl (C=O) groups excluding carboxylic acids is 1. The average Bonchev–Trinajstić information content (AvgIpc) is 2.84. The number of carbonyl (C=O) groups is 1. The van der Waals surface area contributed by atoms with E-state index in [0.29, 0.717) is 10.6 Å². The van der Waals surface area contributed by atoms with Crippen LogP contribution >= 0.6 is 11.3 Å². The Morgan fingerprint density at radius 1 is 1.12 bits per heavy atom. The molecule has 4 heterocycles. The predicted octanol–water partition coefficient (Wildman–Crippen LogP) is 2.09. The quantitative estimate of drug-likeness (QED) is 0.734. The van der Waals surface area contributed by atoms with Gasteiger partial charge in [0.2, 0.25) is 0 Å². The lowest BCUT2D eigenvalue weighted by Crippen LogP contribution is -2.30. The van der Waals surface area contributed by atoms with Crippen molar-refractivity contribution in [1.29, 1.82) is 0 Å². The van der Waals surface area contributed by atoms with Crippen molar-refractivity contribution in [3.05, 3.63) is 41.7 Å². The zero-order valence-corrected chi connectivity index (χ0v) is 15.1. The molecule has 0 unspecified atom stereocenters. The summed E-state index contributed by atoms with van der Waals surface area (Å²) in [7, 11) is 0. The molecule has 1 amide bonds. The molecular formula is C18H20N6OS. The third-order valence-electron chi connectivity index (χ3n) is 4.68. The molecule has 0 spiro atoms. The highest BCUT2D eigenvalue weighted by atomic mass is 32.1. The van der Waals surface area contributed by atoms with Gasteiger partial charge in [0.05, 0.1) is 28.6 Å². The highest BCUT2D eigenvalue weighted by molar-refractivity contribution is 7.21. The number of amides is 1. The lowest BCUT2D eigenvalue weighted by Gasteiger charge is -2.25. The third kappa shape index (κ3) is 2.92. The Hall–Kier alpha value is -2.87. The van der Waals surface area contributed by atoms with E-state index in [4.69, 9.17) is 11.5 Å². The van der Waals surface area contributed by atoms with E-state index in [-0.39, 0.29) is 0 Å². The van der Waals surface area contributed by atoms with E-state index in [0.717, 1.165) is 54.2 Å². The van der Waals surface area contributed by atoms with Gasteiger partial charge < -0.3 is 21.3 Å². The molecule has 1 aliphatic heterocycles. The van der Waals surface area contributed by atoms with Crippen LogP contribution in [0.15, 0.2) is 36.8 Å². The summed E-state index contributed by atoms with van der Waals surface area (Å²) in [5.41, 5.74) is 14.3. The lowest BCUT2D eigenvalue weighted by atomic mass is 10.2. The Bertz CT molecular complexity index is 942. The topological polar surface area (TPSA) is 101 Å². The number of nitrogens with two attached hydrogens (primary N) is 2. The molecular weight excluding hydrogens is 348 g/mol. The van der Waals surface area contributed by atoms with Gasteiger partial charge in [-0.25, -0.2) is 4.98 Å². The summed E-state index contributed by atoms with van der Waals surface area (Å²) in [5.74, 6) is -0.505. The number of nitrogens with zero attached hydrogens (tertiary/aromatic N) is 4. The largest absolute Gasteiger partial charge is 0.397 e. The molecule has 1 fully saturated rings. The first-order chi connectivity index (χ1) is 12.6. The molecule has 0 bridgehead atoms. The SMILES string of the molecule is NC(=O)c1sc2nccc(N3CCCN(c4cccnc4)CC3)c2c1N. The number of anilines is 3. The number of thiophene rings is 1. The first-order valence-electron chi connectivity index (χ1n) is 8.52. The fraction of sp³-hybridized carbons (Fsp3) is 0.278. The van der Waals surface area contributed by atoms with Crippen molar-refractivity contribution in [2.75, 3.05) is 41.7 Å². The van der Waals surface area contributed by atoms with Crippen LogP contribution in [-0.2, 0) is 0 Å². The van der Waals surface area contributed by atoms with Crippen molar-refractivity contribution in [1.82, 2.24) is 9.97 Å². The maximum Gasteiger partial charge on any atom is 0.260 e. The minimum absolute atomic E-state index is 0.381. The van der Waals surface area contributed by atoms with E-state index in [2.05, 4.69) is 25.8 Å². The Morgan fingerprint density at radius 2 is 1.92 bits per heavy atom. The van der Waals surface area contributed by atoms with Gasteiger partial charge >= 0.3 is 0 Å². The molecule has 0 atom stereocenters. The first kappa shape index (κ1) is 16.6. The summed E-state index contributed by atoms with van der Waals surface area (Å²) in [5, 5.41) is 0.834. The normalized spacial score (nSPS) is 15.2. The number of hydrogen-bond donors (Lipinski definition) is 2. The van der Waals surface area contributed by atoms with Gasteiger partial charge in [0, 0.05) is 38.6 Å². The number of rotatable bonds is 3. The number of primary amides is 1. The van der Waals surface area contributed by atoms with E-state index in [9.17, 15) is 4.79 Å². The highest BCUT2D eigenvalue weighted by Crippen LogP contribution is 2.38. The van der Waals surface area contributed by atoms with Gasteiger partial charge in [-0.3, -0.25) is 9.78 Å². The van der Waals surface area contributed by atoms with Crippen molar-refractivity contribution in [2.45, 2.75) is 6.42 Å². The standard InChI is InChI=1S/C18H20N6OS/c19-15-14-13(4-6-22-18(14)26-16(15)17(20)25)24-8-2-7-23(9-10-24)12-3-1-5-21-11-12/h1,3-6,11H,2,7-10,19H2,(H2,20,25). The van der Waals surface area contributed by atoms with Crippen LogP contribution in [0.25, 0.3) is 10.2 Å². The minimum atomic E-state index is -0.505. The number of hydrogen-bond acceptors (Lipinski definition) is 7. The van der Waals surface area contributed by atoms with Gasteiger partial charge in [0.25, 0.3) is 5.91 Å². The number of fused-ring (bicyclic) bond motifs is 1. The fourth-order valence-electron chi connectivity index (χ4n) is 3.43. The lowest BCUT2D eigenvalue weighted by molar-refractivity contribution is 0.100. The van der Waals surface area contributed by atoms with E-state index in [1.807, 2.05) is 18.3 Å². The summed E-state index contributed by atoms with van der Waals surface area (Å²) in [6.45, 7) is 3.64. The van der Waals surface area contributed by atoms with Gasteiger partial charge in [-0.1, -0.05) is 0 Å². The Balaban J connectivity index is 1.65. The van der Waals surface area contributed by atoms with Crippen molar-refractivity contribution in [3.63, 3.8) is 0 Å². The molecule has 8 heteroatoms. The molecule has 0 radical (unpaired) electrons. The van der Waals surface area contributed by atoms with Crippen molar-refractivity contribution < 1.29 is 4.79 Å². The molecule has 7 nitrogen and oxygen atoms in total. The van der Waals surface area contributed by atoms with E-state index in [1.54, 1.807) is 12.4 Å². The van der Waals surface area contributed by atoms with E-state index < -0.39 is 5.91 Å². The van der Waals surface area contributed by atoms with Gasteiger partial charge in [-0.2, -0.15) is 0 Å². The van der Waals surface area contributed by atoms with Crippen LogP contribution in [0.3, 0.4) is 0 Å². The predicted molar refractivity (Wildman–Crippen MR) is 106 cm³/mol. The Labute approximate surface area is 155 Å². The maximum atomic E-state index is 11.6. The van der Waals surface area contributed by atoms with Gasteiger partial charge in [0.1, 0.15) is 9.71 Å². The summed E-state index contributed by atoms with van der Waals surface area (Å²) >= 11 is 1.26. The molecule has 134 valence electrons. The first-order valence-corrected chi connectivity index (χ1v) is 9.33. The number of nitrogen functional groups attached to an aromatic ring is 1. The Kier molecular flexibility index (Phi) is 4.34. The molecule has 4 rings (SSSR count). The molecule has 1 aliphatic rings. The van der Waals surface area contributed by atoms with Crippen LogP contribution in [0.4, 0.5) is 17.1 Å². The Morgan fingerprint density at radius 3 is 2.69 bits per heavy atom. The number of pyridine rings is 2. The number of aromatic nitrogens is 2. The average molecular weight is 368 g/mol. The molecule has 1 saturated heterocycles. The van der Waals surface area contributed by atoms with Gasteiger partial charge in [-0.15, -0.1) is 11.3 Å². The van der Waals surface area contributed by atoms with Crippen molar-refractivity contribution >= 4 is 44.5 Å². The van der Waals surface area contributed by atoms with Crippen LogP contribution in [0.2, 0.25) is 0 Å². The van der Waals surface area contributed by atoms with Crippen molar-refractivity contribution in [3.8, 4) is 0 Å². The second-order valence-electron chi connectivity index (χ2n) is 6.26. The van der Waals surface area contributed by atoms with E-state index in [1.165, 1.54) is 11.3 Å². The molecule has 4 N–H and O–H groups in total. The van der Waals surface area contributed by atoms with Crippen LogP contribution in [0.1, 0.15) is 16.1 Å². The van der Waals surface area contributed by atoms with Crippen molar-refractivity contribution in [2.24, 2.45) is 5.73 Å². The summed E-state index contributed by atoms with van der Waals surface area (Å²) in [4.78, 5) is 26.0. The third-order valence-corrected chi connectivity index (χ3v) is 5.81. The van der Waals surface area contributed by atoms with E-state index >= 15 is 0 Å². The summed E-state index contributed by atoms with van der Waals surface area (Å²) in [6, 6.07) is 6.01.